The maximum absolute atomic E-state index is 13.1. The Hall–Kier alpha value is -1.41. The van der Waals surface area contributed by atoms with Gasteiger partial charge in [0.2, 0.25) is 0 Å². The molecule has 0 aliphatic heterocycles. The fourth-order valence-corrected chi connectivity index (χ4v) is 2.36. The number of nitro groups is 1. The van der Waals surface area contributed by atoms with Gasteiger partial charge in [0.05, 0.1) is 19.2 Å². The number of anilines is 2. The molecule has 0 aliphatic carbocycles. The Morgan fingerprint density at radius 3 is 2.63 bits per heavy atom. The molecule has 0 aliphatic rings. The lowest BCUT2D eigenvalue weighted by atomic mass is 10.2. The number of halogens is 3. The first-order valence-electron chi connectivity index (χ1n) is 5.13. The molecule has 2 rings (SSSR count). The van der Waals surface area contributed by atoms with Crippen LogP contribution < -0.4 is 5.32 Å². The van der Waals surface area contributed by atoms with E-state index in [1.165, 1.54) is 24.3 Å². The van der Waals surface area contributed by atoms with E-state index in [2.05, 4.69) is 5.32 Å². The molecular weight excluding hydrogens is 385 g/mol. The topological polar surface area (TPSA) is 55.2 Å². The molecular formula is C12H7ClFIN2O2. The van der Waals surface area contributed by atoms with Gasteiger partial charge in [0.1, 0.15) is 5.82 Å². The third kappa shape index (κ3) is 3.32. The fraction of sp³-hybridized carbons (Fsp3) is 0. The lowest BCUT2D eigenvalue weighted by Gasteiger charge is -2.09. The highest BCUT2D eigenvalue weighted by molar-refractivity contribution is 14.1. The summed E-state index contributed by atoms with van der Waals surface area (Å²) < 4.78 is 13.6. The Morgan fingerprint density at radius 1 is 1.26 bits per heavy atom. The molecule has 1 N–H and O–H groups in total. The van der Waals surface area contributed by atoms with Gasteiger partial charge in [0, 0.05) is 11.8 Å². The van der Waals surface area contributed by atoms with Crippen molar-refractivity contribution in [3.8, 4) is 0 Å². The minimum absolute atomic E-state index is 0.0245. The first-order valence-corrected chi connectivity index (χ1v) is 6.59. The fourth-order valence-electron chi connectivity index (χ4n) is 1.48. The van der Waals surface area contributed by atoms with Gasteiger partial charge in [-0.25, -0.2) is 4.39 Å². The Bertz CT molecular complexity index is 652. The highest BCUT2D eigenvalue weighted by Gasteiger charge is 2.12. The number of nitro benzene ring substituents is 1. The van der Waals surface area contributed by atoms with Crippen molar-refractivity contribution in [1.82, 2.24) is 0 Å². The van der Waals surface area contributed by atoms with Gasteiger partial charge < -0.3 is 5.32 Å². The summed E-state index contributed by atoms with van der Waals surface area (Å²) in [7, 11) is 0. The summed E-state index contributed by atoms with van der Waals surface area (Å²) >= 11 is 7.80. The molecule has 0 radical (unpaired) electrons. The summed E-state index contributed by atoms with van der Waals surface area (Å²) in [6.07, 6.45) is 0. The molecule has 0 fully saturated rings. The SMILES string of the molecule is O=[N+]([O-])c1ccc(Nc2cc(F)ccc2Cl)cc1I. The van der Waals surface area contributed by atoms with E-state index in [1.54, 1.807) is 12.1 Å². The molecule has 7 heteroatoms. The van der Waals surface area contributed by atoms with Gasteiger partial charge in [0.15, 0.2) is 0 Å². The van der Waals surface area contributed by atoms with Gasteiger partial charge in [-0.2, -0.15) is 0 Å². The third-order valence-electron chi connectivity index (χ3n) is 2.35. The minimum Gasteiger partial charge on any atom is -0.354 e. The van der Waals surface area contributed by atoms with Crippen LogP contribution in [0.5, 0.6) is 0 Å². The standard InChI is InChI=1S/C12H7ClFIN2O2/c13-9-3-1-7(14)5-11(9)16-8-2-4-12(17(18)19)10(15)6-8/h1-6,16H. The molecule has 0 amide bonds. The Balaban J connectivity index is 2.31. The lowest BCUT2D eigenvalue weighted by molar-refractivity contribution is -0.385. The summed E-state index contributed by atoms with van der Waals surface area (Å²) in [5.74, 6) is -0.413. The van der Waals surface area contributed by atoms with E-state index < -0.39 is 10.7 Å². The molecule has 0 bridgehead atoms. The summed E-state index contributed by atoms with van der Waals surface area (Å²) in [4.78, 5) is 10.2. The average molecular weight is 393 g/mol. The van der Waals surface area contributed by atoms with Gasteiger partial charge in [-0.1, -0.05) is 11.6 Å². The molecule has 0 atom stereocenters. The first-order chi connectivity index (χ1) is 8.97. The average Bonchev–Trinajstić information content (AvgIpc) is 2.33. The van der Waals surface area contributed by atoms with Crippen LogP contribution in [-0.2, 0) is 0 Å². The Morgan fingerprint density at radius 2 is 2.00 bits per heavy atom. The maximum Gasteiger partial charge on any atom is 0.282 e. The highest BCUT2D eigenvalue weighted by Crippen LogP contribution is 2.29. The van der Waals surface area contributed by atoms with E-state index in [0.717, 1.165) is 0 Å². The predicted molar refractivity (Wildman–Crippen MR) is 80.5 cm³/mol. The molecule has 2 aromatic carbocycles. The van der Waals surface area contributed by atoms with E-state index in [0.29, 0.717) is 20.0 Å². The molecule has 0 saturated carbocycles. The van der Waals surface area contributed by atoms with Crippen molar-refractivity contribution < 1.29 is 9.31 Å². The van der Waals surface area contributed by atoms with Crippen molar-refractivity contribution in [3.63, 3.8) is 0 Å². The van der Waals surface area contributed by atoms with Crippen LogP contribution in [0.4, 0.5) is 21.5 Å². The third-order valence-corrected chi connectivity index (χ3v) is 3.55. The van der Waals surface area contributed by atoms with Gasteiger partial charge in [-0.05, 0) is 52.9 Å². The zero-order valence-corrected chi connectivity index (χ0v) is 12.3. The van der Waals surface area contributed by atoms with Crippen LogP contribution >= 0.6 is 34.2 Å². The van der Waals surface area contributed by atoms with Crippen LogP contribution in [0.2, 0.25) is 5.02 Å². The normalized spacial score (nSPS) is 10.3. The zero-order valence-electron chi connectivity index (χ0n) is 9.36. The number of hydrogen-bond acceptors (Lipinski definition) is 3. The maximum atomic E-state index is 13.1. The Kier molecular flexibility index (Phi) is 4.20. The van der Waals surface area contributed by atoms with Crippen molar-refractivity contribution in [2.24, 2.45) is 0 Å². The van der Waals surface area contributed by atoms with Gasteiger partial charge in [-0.15, -0.1) is 0 Å². The van der Waals surface area contributed by atoms with Gasteiger partial charge in [-0.3, -0.25) is 10.1 Å². The van der Waals surface area contributed by atoms with E-state index in [4.69, 9.17) is 11.6 Å². The van der Waals surface area contributed by atoms with Crippen molar-refractivity contribution in [2.45, 2.75) is 0 Å². The van der Waals surface area contributed by atoms with Crippen molar-refractivity contribution in [3.05, 3.63) is 60.9 Å². The van der Waals surface area contributed by atoms with Crippen molar-refractivity contribution >= 4 is 51.3 Å². The molecule has 0 aromatic heterocycles. The molecule has 0 heterocycles. The molecule has 19 heavy (non-hydrogen) atoms. The predicted octanol–water partition coefficient (Wildman–Crippen LogP) is 4.74. The number of nitrogens with one attached hydrogen (secondary N) is 1. The minimum atomic E-state index is -0.458. The van der Waals surface area contributed by atoms with Crippen LogP contribution in [-0.4, -0.2) is 4.92 Å². The highest BCUT2D eigenvalue weighted by atomic mass is 127. The number of benzene rings is 2. The number of nitrogens with zero attached hydrogens (tertiary/aromatic N) is 1. The molecule has 2 aromatic rings. The molecule has 0 unspecified atom stereocenters. The molecule has 0 saturated heterocycles. The van der Waals surface area contributed by atoms with Crippen molar-refractivity contribution in [1.29, 1.82) is 0 Å². The van der Waals surface area contributed by atoms with E-state index in [-0.39, 0.29) is 5.69 Å². The second-order valence-electron chi connectivity index (χ2n) is 3.67. The van der Waals surface area contributed by atoms with Crippen LogP contribution in [0.15, 0.2) is 36.4 Å². The van der Waals surface area contributed by atoms with Crippen LogP contribution in [0.25, 0.3) is 0 Å². The van der Waals surface area contributed by atoms with Gasteiger partial charge in [0.25, 0.3) is 5.69 Å². The zero-order chi connectivity index (χ0) is 14.0. The second kappa shape index (κ2) is 5.70. The van der Waals surface area contributed by atoms with Crippen LogP contribution in [0, 0.1) is 19.5 Å². The quantitative estimate of drug-likeness (QED) is 0.466. The largest absolute Gasteiger partial charge is 0.354 e. The summed E-state index contributed by atoms with van der Waals surface area (Å²) in [6.45, 7) is 0. The molecule has 4 nitrogen and oxygen atoms in total. The lowest BCUT2D eigenvalue weighted by Crippen LogP contribution is -1.95. The summed E-state index contributed by atoms with van der Waals surface area (Å²) in [5.41, 5.74) is 1.03. The molecule has 98 valence electrons. The second-order valence-corrected chi connectivity index (χ2v) is 5.24. The smallest absolute Gasteiger partial charge is 0.282 e. The van der Waals surface area contributed by atoms with Crippen LogP contribution in [0.1, 0.15) is 0 Å². The van der Waals surface area contributed by atoms with E-state index in [9.17, 15) is 14.5 Å². The Labute approximate surface area is 126 Å². The first kappa shape index (κ1) is 14.0. The van der Waals surface area contributed by atoms with E-state index in [1.807, 2.05) is 22.6 Å². The summed E-state index contributed by atoms with van der Waals surface area (Å²) in [5, 5.41) is 14.0. The summed E-state index contributed by atoms with van der Waals surface area (Å²) in [6, 6.07) is 8.48. The van der Waals surface area contributed by atoms with E-state index >= 15 is 0 Å². The van der Waals surface area contributed by atoms with Crippen molar-refractivity contribution in [2.75, 3.05) is 5.32 Å². The number of hydrogen-bond donors (Lipinski definition) is 1. The number of rotatable bonds is 3. The van der Waals surface area contributed by atoms with Crippen LogP contribution in [0.3, 0.4) is 0 Å². The molecule has 0 spiro atoms. The van der Waals surface area contributed by atoms with Gasteiger partial charge >= 0.3 is 0 Å². The monoisotopic (exact) mass is 392 g/mol.